The molecular weight excluding hydrogens is 380 g/mol. The molecule has 4 aromatic rings. The van der Waals surface area contributed by atoms with Gasteiger partial charge in [-0.15, -0.1) is 0 Å². The number of hydrogen-bond donors (Lipinski definition) is 0. The van der Waals surface area contributed by atoms with Gasteiger partial charge < -0.3 is 0 Å². The zero-order valence-corrected chi connectivity index (χ0v) is 15.9. The average Bonchev–Trinajstić information content (AvgIpc) is 2.75. The number of benzene rings is 4. The highest BCUT2D eigenvalue weighted by Gasteiger charge is 2.15. The van der Waals surface area contributed by atoms with Crippen LogP contribution in [0.2, 0.25) is 0 Å². The maximum atomic E-state index is 3.92. The quantitative estimate of drug-likeness (QED) is 0.312. The third kappa shape index (κ3) is 3.49. The summed E-state index contributed by atoms with van der Waals surface area (Å²) in [6.07, 6.45) is 0. The lowest BCUT2D eigenvalue weighted by molar-refractivity contribution is 1.18. The first-order chi connectivity index (χ1) is 12.8. The second-order valence-corrected chi connectivity index (χ2v) is 7.22. The molecule has 0 aliphatic rings. The van der Waals surface area contributed by atoms with Gasteiger partial charge in [-0.1, -0.05) is 125 Å². The summed E-state index contributed by atoms with van der Waals surface area (Å²) < 4.78 is 0. The number of halogens is 1. The monoisotopic (exact) mass is 398 g/mol. The Balaban J connectivity index is 1.68. The molecule has 4 aromatic carbocycles. The van der Waals surface area contributed by atoms with Crippen LogP contribution < -0.4 is 0 Å². The van der Waals surface area contributed by atoms with Crippen molar-refractivity contribution < 1.29 is 0 Å². The van der Waals surface area contributed by atoms with Crippen molar-refractivity contribution in [1.29, 1.82) is 0 Å². The van der Waals surface area contributed by atoms with E-state index < -0.39 is 0 Å². The molecule has 0 aliphatic heterocycles. The van der Waals surface area contributed by atoms with Crippen LogP contribution in [0.1, 0.15) is 16.0 Å². The minimum atomic E-state index is 0.156. The van der Waals surface area contributed by atoms with Crippen molar-refractivity contribution in [1.82, 2.24) is 0 Å². The maximum absolute atomic E-state index is 3.92. The molecule has 0 nitrogen and oxygen atoms in total. The smallest absolute Gasteiger partial charge is 0.0650 e. The summed E-state index contributed by atoms with van der Waals surface area (Å²) >= 11 is 3.92. The molecule has 126 valence electrons. The molecule has 0 bridgehead atoms. The first-order valence-corrected chi connectivity index (χ1v) is 9.68. The van der Waals surface area contributed by atoms with Gasteiger partial charge in [-0.3, -0.25) is 0 Å². The normalized spacial score (nSPS) is 11.9. The molecular formula is C25H19Br. The Bertz CT molecular complexity index is 973. The van der Waals surface area contributed by atoms with Crippen molar-refractivity contribution >= 4 is 15.9 Å². The van der Waals surface area contributed by atoms with Crippen LogP contribution in [0.5, 0.6) is 0 Å². The van der Waals surface area contributed by atoms with E-state index in [0.29, 0.717) is 0 Å². The largest absolute Gasteiger partial charge is 0.0786 e. The predicted molar refractivity (Wildman–Crippen MR) is 115 cm³/mol. The molecule has 0 saturated heterocycles. The molecule has 0 spiro atoms. The van der Waals surface area contributed by atoms with E-state index in [1.54, 1.807) is 0 Å². The van der Waals surface area contributed by atoms with Crippen LogP contribution in [0.25, 0.3) is 22.3 Å². The van der Waals surface area contributed by atoms with E-state index in [9.17, 15) is 0 Å². The lowest BCUT2D eigenvalue weighted by Crippen LogP contribution is -1.96. The van der Waals surface area contributed by atoms with Crippen LogP contribution in [0, 0.1) is 0 Å². The van der Waals surface area contributed by atoms with Crippen molar-refractivity contribution in [2.75, 3.05) is 0 Å². The first kappa shape index (κ1) is 16.8. The van der Waals surface area contributed by atoms with Gasteiger partial charge in [-0.05, 0) is 33.4 Å². The van der Waals surface area contributed by atoms with E-state index >= 15 is 0 Å². The summed E-state index contributed by atoms with van der Waals surface area (Å²) in [5.41, 5.74) is 7.54. The van der Waals surface area contributed by atoms with Crippen LogP contribution in [-0.2, 0) is 0 Å². The summed E-state index contributed by atoms with van der Waals surface area (Å²) in [7, 11) is 0. The summed E-state index contributed by atoms with van der Waals surface area (Å²) in [5, 5.41) is 0. The van der Waals surface area contributed by atoms with Crippen LogP contribution in [0.3, 0.4) is 0 Å². The highest BCUT2D eigenvalue weighted by atomic mass is 79.9. The van der Waals surface area contributed by atoms with Gasteiger partial charge in [0.25, 0.3) is 0 Å². The Morgan fingerprint density at radius 1 is 0.462 bits per heavy atom. The van der Waals surface area contributed by atoms with E-state index in [1.165, 1.54) is 33.4 Å². The second-order valence-electron chi connectivity index (χ2n) is 6.30. The molecule has 1 heteroatoms. The third-order valence-corrected chi connectivity index (χ3v) is 5.65. The zero-order valence-electron chi connectivity index (χ0n) is 14.3. The minimum absolute atomic E-state index is 0.156. The summed E-state index contributed by atoms with van der Waals surface area (Å²) in [6.45, 7) is 0. The Kier molecular flexibility index (Phi) is 4.99. The summed E-state index contributed by atoms with van der Waals surface area (Å²) in [4.78, 5) is 0.156. The fourth-order valence-corrected chi connectivity index (χ4v) is 3.96. The predicted octanol–water partition coefficient (Wildman–Crippen LogP) is 7.50. The van der Waals surface area contributed by atoms with Crippen LogP contribution >= 0.6 is 15.9 Å². The number of alkyl halides is 1. The van der Waals surface area contributed by atoms with Gasteiger partial charge in [0.05, 0.1) is 4.83 Å². The van der Waals surface area contributed by atoms with E-state index in [4.69, 9.17) is 0 Å². The molecule has 0 N–H and O–H groups in total. The van der Waals surface area contributed by atoms with Gasteiger partial charge in [0.1, 0.15) is 0 Å². The van der Waals surface area contributed by atoms with Gasteiger partial charge in [-0.2, -0.15) is 0 Å². The lowest BCUT2D eigenvalue weighted by atomic mass is 9.94. The van der Waals surface area contributed by atoms with Crippen LogP contribution in [0.4, 0.5) is 0 Å². The maximum Gasteiger partial charge on any atom is 0.0650 e. The zero-order chi connectivity index (χ0) is 17.8. The van der Waals surface area contributed by atoms with Crippen molar-refractivity contribution in [2.45, 2.75) is 4.83 Å². The average molecular weight is 399 g/mol. The van der Waals surface area contributed by atoms with Gasteiger partial charge in [0, 0.05) is 0 Å². The van der Waals surface area contributed by atoms with Crippen molar-refractivity contribution in [3.05, 3.63) is 120 Å². The van der Waals surface area contributed by atoms with E-state index in [0.717, 1.165) is 0 Å². The molecule has 1 atom stereocenters. The third-order valence-electron chi connectivity index (χ3n) is 4.63. The molecule has 0 saturated carbocycles. The topological polar surface area (TPSA) is 0 Å². The molecule has 0 amide bonds. The van der Waals surface area contributed by atoms with Crippen LogP contribution in [0.15, 0.2) is 109 Å². The molecule has 4 rings (SSSR count). The Labute approximate surface area is 163 Å². The number of hydrogen-bond acceptors (Lipinski definition) is 0. The fraction of sp³-hybridized carbons (Fsp3) is 0.0400. The van der Waals surface area contributed by atoms with Gasteiger partial charge >= 0.3 is 0 Å². The Morgan fingerprint density at radius 3 is 1.62 bits per heavy atom. The Hall–Kier alpha value is -2.64. The molecule has 0 radical (unpaired) electrons. The molecule has 26 heavy (non-hydrogen) atoms. The molecule has 1 unspecified atom stereocenters. The molecule has 0 heterocycles. The fourth-order valence-electron chi connectivity index (χ4n) is 3.25. The molecule has 0 aromatic heterocycles. The lowest BCUT2D eigenvalue weighted by Gasteiger charge is -2.16. The highest BCUT2D eigenvalue weighted by molar-refractivity contribution is 9.09. The minimum Gasteiger partial charge on any atom is -0.0786 e. The number of rotatable bonds is 4. The molecule has 0 aliphatic carbocycles. The van der Waals surface area contributed by atoms with Gasteiger partial charge in [0.2, 0.25) is 0 Å². The standard InChI is InChI=1S/C25H19Br/c26-25(22-17-15-20(16-18-22)19-9-3-1-4-10-19)24-14-8-7-13-23(24)21-11-5-2-6-12-21/h1-18,25H. The first-order valence-electron chi connectivity index (χ1n) is 8.77. The van der Waals surface area contributed by atoms with Crippen LogP contribution in [-0.4, -0.2) is 0 Å². The van der Waals surface area contributed by atoms with E-state index in [2.05, 4.69) is 119 Å². The highest BCUT2D eigenvalue weighted by Crippen LogP contribution is 2.37. The van der Waals surface area contributed by atoms with Gasteiger partial charge in [-0.25, -0.2) is 0 Å². The SMILES string of the molecule is BrC(c1ccc(-c2ccccc2)cc1)c1ccccc1-c1ccccc1. The Morgan fingerprint density at radius 2 is 0.962 bits per heavy atom. The van der Waals surface area contributed by atoms with Crippen molar-refractivity contribution in [3.63, 3.8) is 0 Å². The second kappa shape index (κ2) is 7.72. The summed E-state index contributed by atoms with van der Waals surface area (Å²) in [6, 6.07) is 38.5. The van der Waals surface area contributed by atoms with Crippen molar-refractivity contribution in [2.24, 2.45) is 0 Å². The summed E-state index contributed by atoms with van der Waals surface area (Å²) in [5.74, 6) is 0. The van der Waals surface area contributed by atoms with E-state index in [1.807, 2.05) is 6.07 Å². The van der Waals surface area contributed by atoms with E-state index in [-0.39, 0.29) is 4.83 Å². The molecule has 0 fully saturated rings. The van der Waals surface area contributed by atoms with Gasteiger partial charge in [0.15, 0.2) is 0 Å². The van der Waals surface area contributed by atoms with Crippen molar-refractivity contribution in [3.8, 4) is 22.3 Å².